The number of para-hydroxylation sites is 1. The number of benzene rings is 2. The molecule has 1 N–H and O–H groups in total. The van der Waals surface area contributed by atoms with Gasteiger partial charge in [0.25, 0.3) is 5.91 Å². The van der Waals surface area contributed by atoms with E-state index in [0.29, 0.717) is 17.7 Å². The number of hydrogen-bond donors (Lipinski definition) is 1. The monoisotopic (exact) mass is 395 g/mol. The molecule has 1 fully saturated rings. The van der Waals surface area contributed by atoms with Crippen molar-refractivity contribution in [1.82, 2.24) is 9.97 Å². The maximum absolute atomic E-state index is 13.7. The summed E-state index contributed by atoms with van der Waals surface area (Å²) in [5.74, 6) is -1.77. The Morgan fingerprint density at radius 2 is 1.55 bits per heavy atom. The molecule has 1 amide bonds. The molecule has 3 aromatic rings. The van der Waals surface area contributed by atoms with E-state index in [2.05, 4.69) is 37.2 Å². The zero-order valence-electron chi connectivity index (χ0n) is 15.6. The van der Waals surface area contributed by atoms with Crippen LogP contribution in [-0.4, -0.2) is 42.1 Å². The lowest BCUT2D eigenvalue weighted by molar-refractivity contribution is 0.102. The van der Waals surface area contributed by atoms with Gasteiger partial charge in [-0.05, 0) is 24.3 Å². The molecule has 8 heteroatoms. The van der Waals surface area contributed by atoms with E-state index in [1.165, 1.54) is 18.1 Å². The molecular formula is C21H19F2N5O. The highest BCUT2D eigenvalue weighted by molar-refractivity contribution is 6.04. The summed E-state index contributed by atoms with van der Waals surface area (Å²) in [6.45, 7) is 3.27. The average Bonchev–Trinajstić information content (AvgIpc) is 2.75. The molecular weight excluding hydrogens is 376 g/mol. The van der Waals surface area contributed by atoms with Gasteiger partial charge in [0.1, 0.15) is 11.6 Å². The number of carbonyl (C=O) groups excluding carboxylic acids is 1. The van der Waals surface area contributed by atoms with Gasteiger partial charge < -0.3 is 15.1 Å². The van der Waals surface area contributed by atoms with Crippen LogP contribution < -0.4 is 15.1 Å². The molecule has 1 aliphatic rings. The Labute approximate surface area is 166 Å². The van der Waals surface area contributed by atoms with Crippen LogP contribution in [0.3, 0.4) is 0 Å². The van der Waals surface area contributed by atoms with Crippen molar-refractivity contribution in [3.05, 3.63) is 78.1 Å². The standard InChI is InChI=1S/C21H19F2N5O/c22-15-6-7-18(19(23)12-15)20(29)26-16-13-24-21(25-14-16)28-10-8-27(9-11-28)17-4-2-1-3-5-17/h1-7,12-14H,8-11H2,(H,26,29). The van der Waals surface area contributed by atoms with Gasteiger partial charge >= 0.3 is 0 Å². The summed E-state index contributed by atoms with van der Waals surface area (Å²) in [6, 6.07) is 13.0. The Bertz CT molecular complexity index is 990. The van der Waals surface area contributed by atoms with Crippen molar-refractivity contribution in [3.63, 3.8) is 0 Å². The molecule has 2 aromatic carbocycles. The quantitative estimate of drug-likeness (QED) is 0.734. The Morgan fingerprint density at radius 3 is 2.21 bits per heavy atom. The number of aromatic nitrogens is 2. The molecule has 2 heterocycles. The largest absolute Gasteiger partial charge is 0.368 e. The molecule has 1 aliphatic heterocycles. The Kier molecular flexibility index (Phi) is 5.33. The Hall–Kier alpha value is -3.55. The minimum atomic E-state index is -0.920. The van der Waals surface area contributed by atoms with E-state index in [-0.39, 0.29) is 5.56 Å². The summed E-state index contributed by atoms with van der Waals surface area (Å²) in [4.78, 5) is 25.2. The van der Waals surface area contributed by atoms with Gasteiger partial charge in [0, 0.05) is 37.9 Å². The topological polar surface area (TPSA) is 61.4 Å². The van der Waals surface area contributed by atoms with Crippen LogP contribution in [0.2, 0.25) is 0 Å². The third kappa shape index (κ3) is 4.31. The van der Waals surface area contributed by atoms with Crippen LogP contribution in [0.25, 0.3) is 0 Å². The Morgan fingerprint density at radius 1 is 0.897 bits per heavy atom. The summed E-state index contributed by atoms with van der Waals surface area (Å²) >= 11 is 0. The van der Waals surface area contributed by atoms with Crippen molar-refractivity contribution in [2.75, 3.05) is 41.3 Å². The number of hydrogen-bond acceptors (Lipinski definition) is 5. The summed E-state index contributed by atoms with van der Waals surface area (Å²) in [7, 11) is 0. The third-order valence-corrected chi connectivity index (χ3v) is 4.76. The average molecular weight is 395 g/mol. The minimum absolute atomic E-state index is 0.243. The van der Waals surface area contributed by atoms with E-state index in [1.54, 1.807) is 0 Å². The van der Waals surface area contributed by atoms with Crippen LogP contribution in [0.4, 0.5) is 26.1 Å². The van der Waals surface area contributed by atoms with Crippen molar-refractivity contribution in [3.8, 4) is 0 Å². The van der Waals surface area contributed by atoms with Gasteiger partial charge in [0.05, 0.1) is 23.6 Å². The first-order valence-electron chi connectivity index (χ1n) is 9.23. The van der Waals surface area contributed by atoms with E-state index in [1.807, 2.05) is 18.2 Å². The third-order valence-electron chi connectivity index (χ3n) is 4.76. The summed E-state index contributed by atoms with van der Waals surface area (Å²) in [5.41, 5.74) is 1.29. The predicted octanol–water partition coefficient (Wildman–Crippen LogP) is 3.33. The lowest BCUT2D eigenvalue weighted by atomic mass is 10.2. The van der Waals surface area contributed by atoms with Crippen molar-refractivity contribution >= 4 is 23.2 Å². The van der Waals surface area contributed by atoms with Gasteiger partial charge in [-0.1, -0.05) is 18.2 Å². The highest BCUT2D eigenvalue weighted by atomic mass is 19.1. The SMILES string of the molecule is O=C(Nc1cnc(N2CCN(c3ccccc3)CC2)nc1)c1ccc(F)cc1F. The lowest BCUT2D eigenvalue weighted by Gasteiger charge is -2.36. The second kappa shape index (κ2) is 8.22. The maximum Gasteiger partial charge on any atom is 0.258 e. The van der Waals surface area contributed by atoms with Crippen molar-refractivity contribution in [2.45, 2.75) is 0 Å². The molecule has 4 rings (SSSR count). The van der Waals surface area contributed by atoms with Gasteiger partial charge in [-0.3, -0.25) is 4.79 Å². The van der Waals surface area contributed by atoms with Crippen LogP contribution >= 0.6 is 0 Å². The molecule has 0 radical (unpaired) electrons. The fourth-order valence-corrected chi connectivity index (χ4v) is 3.22. The molecule has 0 aliphatic carbocycles. The van der Waals surface area contributed by atoms with E-state index in [0.717, 1.165) is 38.3 Å². The first kappa shape index (κ1) is 18.8. The minimum Gasteiger partial charge on any atom is -0.368 e. The van der Waals surface area contributed by atoms with Crippen LogP contribution in [0.1, 0.15) is 10.4 Å². The van der Waals surface area contributed by atoms with Crippen molar-refractivity contribution in [1.29, 1.82) is 0 Å². The summed E-state index contributed by atoms with van der Waals surface area (Å²) in [6.07, 6.45) is 2.95. The number of amides is 1. The smallest absolute Gasteiger partial charge is 0.258 e. The van der Waals surface area contributed by atoms with Gasteiger partial charge in [0.15, 0.2) is 0 Å². The van der Waals surface area contributed by atoms with Crippen LogP contribution in [-0.2, 0) is 0 Å². The number of nitrogens with one attached hydrogen (secondary N) is 1. The molecule has 29 heavy (non-hydrogen) atoms. The van der Waals surface area contributed by atoms with Crippen LogP contribution in [0.15, 0.2) is 60.9 Å². The second-order valence-corrected chi connectivity index (χ2v) is 6.66. The molecule has 0 atom stereocenters. The van der Waals surface area contributed by atoms with Crippen molar-refractivity contribution in [2.24, 2.45) is 0 Å². The molecule has 0 bridgehead atoms. The number of halogens is 2. The zero-order valence-corrected chi connectivity index (χ0v) is 15.6. The first-order valence-corrected chi connectivity index (χ1v) is 9.23. The fraction of sp³-hybridized carbons (Fsp3) is 0.190. The van der Waals surface area contributed by atoms with Gasteiger partial charge in [-0.15, -0.1) is 0 Å². The van der Waals surface area contributed by atoms with Gasteiger partial charge in [-0.2, -0.15) is 0 Å². The van der Waals surface area contributed by atoms with E-state index >= 15 is 0 Å². The molecule has 6 nitrogen and oxygen atoms in total. The normalized spacial score (nSPS) is 14.0. The number of rotatable bonds is 4. The van der Waals surface area contributed by atoms with E-state index in [9.17, 15) is 13.6 Å². The number of piperazine rings is 1. The van der Waals surface area contributed by atoms with Crippen molar-refractivity contribution < 1.29 is 13.6 Å². The van der Waals surface area contributed by atoms with Gasteiger partial charge in [-0.25, -0.2) is 18.7 Å². The molecule has 0 spiro atoms. The highest BCUT2D eigenvalue weighted by Crippen LogP contribution is 2.19. The van der Waals surface area contributed by atoms with E-state index < -0.39 is 17.5 Å². The van der Waals surface area contributed by atoms with Crippen LogP contribution in [0, 0.1) is 11.6 Å². The Balaban J connectivity index is 1.36. The zero-order chi connectivity index (χ0) is 20.2. The molecule has 1 aromatic heterocycles. The van der Waals surface area contributed by atoms with E-state index in [4.69, 9.17) is 0 Å². The number of nitrogens with zero attached hydrogens (tertiary/aromatic N) is 4. The van der Waals surface area contributed by atoms with Crippen LogP contribution in [0.5, 0.6) is 0 Å². The molecule has 1 saturated heterocycles. The summed E-state index contributed by atoms with van der Waals surface area (Å²) < 4.78 is 26.7. The fourth-order valence-electron chi connectivity index (χ4n) is 3.22. The molecule has 148 valence electrons. The first-order chi connectivity index (χ1) is 14.1. The number of anilines is 3. The number of carbonyl (C=O) groups is 1. The molecule has 0 saturated carbocycles. The summed E-state index contributed by atoms with van der Waals surface area (Å²) in [5, 5.41) is 2.52. The maximum atomic E-state index is 13.7. The van der Waals surface area contributed by atoms with Gasteiger partial charge in [0.2, 0.25) is 5.95 Å². The molecule has 0 unspecified atom stereocenters. The lowest BCUT2D eigenvalue weighted by Crippen LogP contribution is -2.47. The predicted molar refractivity (Wildman–Crippen MR) is 107 cm³/mol. The second-order valence-electron chi connectivity index (χ2n) is 6.66. The highest BCUT2D eigenvalue weighted by Gasteiger charge is 2.19.